The molecular weight excluding hydrogens is 212 g/mol. The molecule has 0 unspecified atom stereocenters. The van der Waals surface area contributed by atoms with Gasteiger partial charge in [0.25, 0.3) is 0 Å². The summed E-state index contributed by atoms with van der Waals surface area (Å²) in [6.07, 6.45) is 0.979. The molecule has 0 radical (unpaired) electrons. The lowest BCUT2D eigenvalue weighted by molar-refractivity contribution is -0.125. The van der Waals surface area contributed by atoms with E-state index in [1.54, 1.807) is 0 Å². The van der Waals surface area contributed by atoms with Crippen LogP contribution in [0.25, 0.3) is 0 Å². The molecule has 1 fully saturated rings. The van der Waals surface area contributed by atoms with Gasteiger partial charge in [-0.05, 0) is 30.5 Å². The zero-order valence-electron chi connectivity index (χ0n) is 8.83. The van der Waals surface area contributed by atoms with Crippen molar-refractivity contribution < 1.29 is 9.47 Å². The molecule has 15 heavy (non-hydrogen) atoms. The largest absolute Gasteiger partial charge is 0.355 e. The fourth-order valence-corrected chi connectivity index (χ4v) is 2.03. The molecule has 0 N–H and O–H groups in total. The second kappa shape index (κ2) is 4.97. The van der Waals surface area contributed by atoms with E-state index < -0.39 is 0 Å². The zero-order valence-corrected chi connectivity index (χ0v) is 9.59. The summed E-state index contributed by atoms with van der Waals surface area (Å²) in [6, 6.07) is 6.04. The summed E-state index contributed by atoms with van der Waals surface area (Å²) in [5.74, 6) is 0.455. The van der Waals surface area contributed by atoms with Crippen LogP contribution in [0.5, 0.6) is 0 Å². The first kappa shape index (κ1) is 10.9. The summed E-state index contributed by atoms with van der Waals surface area (Å²) < 4.78 is 10.5. The number of benzene rings is 1. The minimum absolute atomic E-state index is 0.436. The van der Waals surface area contributed by atoms with Crippen molar-refractivity contribution in [1.82, 2.24) is 0 Å². The molecule has 0 aliphatic carbocycles. The van der Waals surface area contributed by atoms with Gasteiger partial charge in [-0.3, -0.25) is 0 Å². The van der Waals surface area contributed by atoms with Gasteiger partial charge >= 0.3 is 0 Å². The SMILES string of the molecule is Cc1c(Cl)cccc1CC1COCOC1. The van der Waals surface area contributed by atoms with E-state index >= 15 is 0 Å². The van der Waals surface area contributed by atoms with E-state index in [4.69, 9.17) is 21.1 Å². The van der Waals surface area contributed by atoms with Gasteiger partial charge in [-0.15, -0.1) is 0 Å². The Morgan fingerprint density at radius 2 is 2.07 bits per heavy atom. The van der Waals surface area contributed by atoms with Crippen molar-refractivity contribution in [3.8, 4) is 0 Å². The topological polar surface area (TPSA) is 18.5 Å². The highest BCUT2D eigenvalue weighted by molar-refractivity contribution is 6.31. The maximum atomic E-state index is 6.07. The first-order valence-corrected chi connectivity index (χ1v) is 5.54. The fraction of sp³-hybridized carbons (Fsp3) is 0.500. The number of ether oxygens (including phenoxy) is 2. The average molecular weight is 227 g/mol. The van der Waals surface area contributed by atoms with Gasteiger partial charge in [-0.2, -0.15) is 0 Å². The molecule has 3 heteroatoms. The van der Waals surface area contributed by atoms with Gasteiger partial charge in [0.15, 0.2) is 0 Å². The molecule has 1 aromatic carbocycles. The van der Waals surface area contributed by atoms with Crippen LogP contribution in [0.1, 0.15) is 11.1 Å². The van der Waals surface area contributed by atoms with Gasteiger partial charge in [0.1, 0.15) is 6.79 Å². The minimum Gasteiger partial charge on any atom is -0.355 e. The second-order valence-electron chi connectivity index (χ2n) is 3.95. The van der Waals surface area contributed by atoms with Crippen molar-refractivity contribution >= 4 is 11.6 Å². The molecule has 1 aliphatic heterocycles. The summed E-state index contributed by atoms with van der Waals surface area (Å²) >= 11 is 6.07. The Bertz CT molecular complexity index is 332. The summed E-state index contributed by atoms with van der Waals surface area (Å²) in [4.78, 5) is 0. The van der Waals surface area contributed by atoms with Crippen molar-refractivity contribution in [2.75, 3.05) is 20.0 Å². The summed E-state index contributed by atoms with van der Waals surface area (Å²) in [6.45, 7) is 4.06. The predicted octanol–water partition coefficient (Wildman–Crippen LogP) is 2.81. The van der Waals surface area contributed by atoms with E-state index in [1.807, 2.05) is 12.1 Å². The lowest BCUT2D eigenvalue weighted by Crippen LogP contribution is -2.25. The minimum atomic E-state index is 0.436. The van der Waals surface area contributed by atoms with Crippen LogP contribution in [0.3, 0.4) is 0 Å². The van der Waals surface area contributed by atoms with E-state index in [0.29, 0.717) is 12.7 Å². The smallest absolute Gasteiger partial charge is 0.146 e. The van der Waals surface area contributed by atoms with E-state index in [0.717, 1.165) is 24.7 Å². The molecule has 0 aromatic heterocycles. The summed E-state index contributed by atoms with van der Waals surface area (Å²) in [7, 11) is 0. The molecule has 0 saturated carbocycles. The van der Waals surface area contributed by atoms with Crippen molar-refractivity contribution in [3.05, 3.63) is 34.3 Å². The Hall–Kier alpha value is -0.570. The molecule has 0 spiro atoms. The van der Waals surface area contributed by atoms with Crippen molar-refractivity contribution in [2.24, 2.45) is 5.92 Å². The quantitative estimate of drug-likeness (QED) is 0.772. The molecule has 1 heterocycles. The third-order valence-corrected chi connectivity index (χ3v) is 3.17. The lowest BCUT2D eigenvalue weighted by atomic mass is 9.97. The first-order valence-electron chi connectivity index (χ1n) is 5.17. The summed E-state index contributed by atoms with van der Waals surface area (Å²) in [5, 5.41) is 0.838. The zero-order chi connectivity index (χ0) is 10.7. The standard InChI is InChI=1S/C12H15ClO2/c1-9-11(3-2-4-12(9)13)5-10-6-14-8-15-7-10/h2-4,10H,5-8H2,1H3. The monoisotopic (exact) mass is 226 g/mol. The van der Waals surface area contributed by atoms with Crippen LogP contribution in [0.4, 0.5) is 0 Å². The van der Waals surface area contributed by atoms with Gasteiger partial charge in [0, 0.05) is 10.9 Å². The molecule has 0 bridgehead atoms. The Labute approximate surface area is 95.1 Å². The molecule has 1 aromatic rings. The van der Waals surface area contributed by atoms with Gasteiger partial charge in [-0.1, -0.05) is 23.7 Å². The van der Waals surface area contributed by atoms with Crippen LogP contribution >= 0.6 is 11.6 Å². The molecule has 82 valence electrons. The molecule has 0 atom stereocenters. The van der Waals surface area contributed by atoms with Crippen molar-refractivity contribution in [2.45, 2.75) is 13.3 Å². The molecule has 2 nitrogen and oxygen atoms in total. The second-order valence-corrected chi connectivity index (χ2v) is 4.36. The molecule has 1 aliphatic rings. The third kappa shape index (κ3) is 2.71. The highest BCUT2D eigenvalue weighted by atomic mass is 35.5. The number of halogens is 1. The molecular formula is C12H15ClO2. The van der Waals surface area contributed by atoms with Crippen LogP contribution in [0.15, 0.2) is 18.2 Å². The van der Waals surface area contributed by atoms with E-state index in [9.17, 15) is 0 Å². The van der Waals surface area contributed by atoms with E-state index in [1.165, 1.54) is 11.1 Å². The Kier molecular flexibility index (Phi) is 3.62. The van der Waals surface area contributed by atoms with Gasteiger partial charge in [-0.25, -0.2) is 0 Å². The van der Waals surface area contributed by atoms with Gasteiger partial charge < -0.3 is 9.47 Å². The Balaban J connectivity index is 2.06. The highest BCUT2D eigenvalue weighted by Gasteiger charge is 2.16. The first-order chi connectivity index (χ1) is 7.27. The lowest BCUT2D eigenvalue weighted by Gasteiger charge is -2.23. The van der Waals surface area contributed by atoms with E-state index in [-0.39, 0.29) is 0 Å². The fourth-order valence-electron chi connectivity index (χ4n) is 1.84. The van der Waals surface area contributed by atoms with Crippen LogP contribution in [0, 0.1) is 12.8 Å². The number of hydrogen-bond donors (Lipinski definition) is 0. The number of rotatable bonds is 2. The predicted molar refractivity (Wildman–Crippen MR) is 60.2 cm³/mol. The van der Waals surface area contributed by atoms with Gasteiger partial charge in [0.2, 0.25) is 0 Å². The molecule has 2 rings (SSSR count). The Morgan fingerprint density at radius 1 is 1.33 bits per heavy atom. The van der Waals surface area contributed by atoms with E-state index in [2.05, 4.69) is 13.0 Å². The number of hydrogen-bond acceptors (Lipinski definition) is 2. The van der Waals surface area contributed by atoms with Crippen LogP contribution < -0.4 is 0 Å². The Morgan fingerprint density at radius 3 is 2.80 bits per heavy atom. The molecule has 0 amide bonds. The van der Waals surface area contributed by atoms with Crippen molar-refractivity contribution in [1.29, 1.82) is 0 Å². The van der Waals surface area contributed by atoms with Crippen molar-refractivity contribution in [3.63, 3.8) is 0 Å². The summed E-state index contributed by atoms with van der Waals surface area (Å²) in [5.41, 5.74) is 2.46. The maximum Gasteiger partial charge on any atom is 0.146 e. The highest BCUT2D eigenvalue weighted by Crippen LogP contribution is 2.22. The third-order valence-electron chi connectivity index (χ3n) is 2.76. The maximum absolute atomic E-state index is 6.07. The van der Waals surface area contributed by atoms with Gasteiger partial charge in [0.05, 0.1) is 13.2 Å². The normalized spacial score (nSPS) is 18.0. The van der Waals surface area contributed by atoms with Crippen LogP contribution in [-0.4, -0.2) is 20.0 Å². The van der Waals surface area contributed by atoms with Crippen LogP contribution in [-0.2, 0) is 15.9 Å². The van der Waals surface area contributed by atoms with Crippen LogP contribution in [0.2, 0.25) is 5.02 Å². The molecule has 1 saturated heterocycles. The average Bonchev–Trinajstić information content (AvgIpc) is 2.26.